The van der Waals surface area contributed by atoms with Crippen molar-refractivity contribution in [3.8, 4) is 0 Å². The zero-order valence-corrected chi connectivity index (χ0v) is 14.6. The van der Waals surface area contributed by atoms with Gasteiger partial charge in [0.25, 0.3) is 0 Å². The van der Waals surface area contributed by atoms with Crippen molar-refractivity contribution in [3.05, 3.63) is 16.1 Å². The standard InChI is InChI=1S/C15H26N4O2S/c1-10-9-22-14(18-10)6-17-15(20)16-5-11(2)19-7-12(3)21-13(4)8-19/h9,11-13H,5-8H2,1-4H3,(H2,16,17,20)/t11-,12+,13+/m0/s1. The lowest BCUT2D eigenvalue weighted by molar-refractivity contribution is -0.0778. The first-order valence-corrected chi connectivity index (χ1v) is 8.64. The predicted octanol–water partition coefficient (Wildman–Crippen LogP) is 1.75. The number of rotatable bonds is 5. The van der Waals surface area contributed by atoms with Crippen LogP contribution in [0.25, 0.3) is 0 Å². The minimum Gasteiger partial charge on any atom is -0.373 e. The van der Waals surface area contributed by atoms with Crippen LogP contribution in [0.15, 0.2) is 5.38 Å². The molecule has 0 radical (unpaired) electrons. The Balaban J connectivity index is 1.69. The van der Waals surface area contributed by atoms with E-state index < -0.39 is 0 Å². The number of amides is 2. The second-order valence-electron chi connectivity index (χ2n) is 6.01. The molecule has 2 N–H and O–H groups in total. The summed E-state index contributed by atoms with van der Waals surface area (Å²) in [6, 6.07) is 0.149. The Labute approximate surface area is 136 Å². The number of hydrogen-bond donors (Lipinski definition) is 2. The zero-order chi connectivity index (χ0) is 16.1. The molecule has 0 bridgehead atoms. The van der Waals surface area contributed by atoms with Crippen molar-refractivity contribution in [3.63, 3.8) is 0 Å². The molecular weight excluding hydrogens is 300 g/mol. The first kappa shape index (κ1) is 17.2. The molecule has 2 rings (SSSR count). The molecule has 3 atom stereocenters. The lowest BCUT2D eigenvalue weighted by atomic mass is 10.2. The third-order valence-electron chi connectivity index (χ3n) is 3.70. The number of morpholine rings is 1. The Morgan fingerprint density at radius 1 is 1.45 bits per heavy atom. The van der Waals surface area contributed by atoms with Gasteiger partial charge >= 0.3 is 6.03 Å². The molecule has 0 spiro atoms. The molecule has 1 aliphatic rings. The van der Waals surface area contributed by atoms with E-state index in [2.05, 4.69) is 41.3 Å². The highest BCUT2D eigenvalue weighted by Crippen LogP contribution is 2.13. The first-order chi connectivity index (χ1) is 10.4. The molecule has 124 valence electrons. The normalized spacial score (nSPS) is 24.0. The third-order valence-corrected chi connectivity index (χ3v) is 4.66. The molecular formula is C15H26N4O2S. The van der Waals surface area contributed by atoms with E-state index in [1.807, 2.05) is 12.3 Å². The summed E-state index contributed by atoms with van der Waals surface area (Å²) in [5, 5.41) is 8.68. The fourth-order valence-corrected chi connectivity index (χ4v) is 3.36. The van der Waals surface area contributed by atoms with Crippen molar-refractivity contribution in [1.29, 1.82) is 0 Å². The van der Waals surface area contributed by atoms with Crippen LogP contribution in [-0.2, 0) is 11.3 Å². The van der Waals surface area contributed by atoms with Gasteiger partial charge in [0.2, 0.25) is 0 Å². The summed E-state index contributed by atoms with van der Waals surface area (Å²) in [6.07, 6.45) is 0.487. The Morgan fingerprint density at radius 3 is 2.73 bits per heavy atom. The van der Waals surface area contributed by atoms with Gasteiger partial charge in [-0.25, -0.2) is 9.78 Å². The van der Waals surface area contributed by atoms with Crippen LogP contribution >= 0.6 is 11.3 Å². The number of carbonyl (C=O) groups is 1. The fraction of sp³-hybridized carbons (Fsp3) is 0.733. The van der Waals surface area contributed by atoms with Crippen LogP contribution in [0.3, 0.4) is 0 Å². The lowest BCUT2D eigenvalue weighted by Crippen LogP contribution is -2.52. The molecule has 22 heavy (non-hydrogen) atoms. The molecule has 6 nitrogen and oxygen atoms in total. The van der Waals surface area contributed by atoms with Crippen LogP contribution in [0.5, 0.6) is 0 Å². The van der Waals surface area contributed by atoms with Crippen molar-refractivity contribution >= 4 is 17.4 Å². The number of thiazole rings is 1. The quantitative estimate of drug-likeness (QED) is 0.865. The Morgan fingerprint density at radius 2 is 2.14 bits per heavy atom. The summed E-state index contributed by atoms with van der Waals surface area (Å²) in [6.45, 7) is 11.2. The lowest BCUT2D eigenvalue weighted by Gasteiger charge is -2.38. The molecule has 1 aliphatic heterocycles. The van der Waals surface area contributed by atoms with Crippen molar-refractivity contribution in [1.82, 2.24) is 20.5 Å². The van der Waals surface area contributed by atoms with Gasteiger partial charge in [0.05, 0.1) is 18.8 Å². The maximum Gasteiger partial charge on any atom is 0.315 e. The molecule has 7 heteroatoms. The van der Waals surface area contributed by atoms with Gasteiger partial charge in [-0.3, -0.25) is 4.90 Å². The summed E-state index contributed by atoms with van der Waals surface area (Å²) in [5.41, 5.74) is 0.992. The first-order valence-electron chi connectivity index (χ1n) is 7.76. The Kier molecular flexibility index (Phi) is 6.16. The molecule has 0 unspecified atom stereocenters. The average molecular weight is 326 g/mol. The van der Waals surface area contributed by atoms with Crippen LogP contribution < -0.4 is 10.6 Å². The molecule has 1 saturated heterocycles. The van der Waals surface area contributed by atoms with Gasteiger partial charge in [-0.05, 0) is 27.7 Å². The number of urea groups is 1. The second-order valence-corrected chi connectivity index (χ2v) is 6.95. The second kappa shape index (κ2) is 7.89. The molecule has 1 fully saturated rings. The molecule has 0 saturated carbocycles. The van der Waals surface area contributed by atoms with Crippen LogP contribution in [0.4, 0.5) is 4.79 Å². The molecule has 1 aromatic rings. The van der Waals surface area contributed by atoms with E-state index in [0.717, 1.165) is 23.8 Å². The molecule has 1 aromatic heterocycles. The predicted molar refractivity (Wildman–Crippen MR) is 88.1 cm³/mol. The van der Waals surface area contributed by atoms with Gasteiger partial charge in [0.15, 0.2) is 0 Å². The van der Waals surface area contributed by atoms with E-state index in [4.69, 9.17) is 4.74 Å². The van der Waals surface area contributed by atoms with Crippen LogP contribution in [0.2, 0.25) is 0 Å². The summed E-state index contributed by atoms with van der Waals surface area (Å²) in [4.78, 5) is 18.5. The Bertz CT molecular complexity index is 484. The molecule has 0 aromatic carbocycles. The van der Waals surface area contributed by atoms with E-state index in [-0.39, 0.29) is 18.2 Å². The van der Waals surface area contributed by atoms with Gasteiger partial charge in [-0.2, -0.15) is 0 Å². The van der Waals surface area contributed by atoms with E-state index in [1.54, 1.807) is 11.3 Å². The SMILES string of the molecule is Cc1csc(CNC(=O)NC[C@H](C)N2C[C@@H](C)O[C@H](C)C2)n1. The third kappa shape index (κ3) is 5.23. The zero-order valence-electron chi connectivity index (χ0n) is 13.8. The van der Waals surface area contributed by atoms with Crippen LogP contribution in [0.1, 0.15) is 31.5 Å². The van der Waals surface area contributed by atoms with Crippen LogP contribution in [0, 0.1) is 6.92 Å². The van der Waals surface area contributed by atoms with E-state index in [1.165, 1.54) is 0 Å². The molecule has 2 heterocycles. The monoisotopic (exact) mass is 326 g/mol. The number of nitrogens with zero attached hydrogens (tertiary/aromatic N) is 2. The van der Waals surface area contributed by atoms with Crippen molar-refractivity contribution in [2.75, 3.05) is 19.6 Å². The highest BCUT2D eigenvalue weighted by Gasteiger charge is 2.25. The summed E-state index contributed by atoms with van der Waals surface area (Å²) >= 11 is 1.56. The van der Waals surface area contributed by atoms with E-state index >= 15 is 0 Å². The topological polar surface area (TPSA) is 66.5 Å². The molecule has 0 aliphatic carbocycles. The smallest absolute Gasteiger partial charge is 0.315 e. The maximum absolute atomic E-state index is 11.9. The van der Waals surface area contributed by atoms with Gasteiger partial charge in [0.1, 0.15) is 5.01 Å². The fourth-order valence-electron chi connectivity index (χ4n) is 2.65. The largest absolute Gasteiger partial charge is 0.373 e. The number of ether oxygens (including phenoxy) is 1. The minimum atomic E-state index is -0.144. The maximum atomic E-state index is 11.9. The summed E-state index contributed by atoms with van der Waals surface area (Å²) in [5.74, 6) is 0. The minimum absolute atomic E-state index is 0.144. The van der Waals surface area contributed by atoms with Crippen molar-refractivity contribution in [2.24, 2.45) is 0 Å². The van der Waals surface area contributed by atoms with E-state index in [9.17, 15) is 4.79 Å². The van der Waals surface area contributed by atoms with Gasteiger partial charge in [0, 0.05) is 36.8 Å². The van der Waals surface area contributed by atoms with E-state index in [0.29, 0.717) is 19.1 Å². The number of hydrogen-bond acceptors (Lipinski definition) is 5. The molecule has 2 amide bonds. The Hall–Kier alpha value is -1.18. The highest BCUT2D eigenvalue weighted by molar-refractivity contribution is 7.09. The van der Waals surface area contributed by atoms with Gasteiger partial charge in [-0.15, -0.1) is 11.3 Å². The summed E-state index contributed by atoms with van der Waals surface area (Å²) in [7, 11) is 0. The average Bonchev–Trinajstić information content (AvgIpc) is 2.87. The van der Waals surface area contributed by atoms with Crippen LogP contribution in [-0.4, -0.2) is 53.8 Å². The number of carbonyl (C=O) groups excluding carboxylic acids is 1. The van der Waals surface area contributed by atoms with Crippen molar-refractivity contribution < 1.29 is 9.53 Å². The van der Waals surface area contributed by atoms with Gasteiger partial charge < -0.3 is 15.4 Å². The van der Waals surface area contributed by atoms with Crippen molar-refractivity contribution in [2.45, 2.75) is 52.5 Å². The highest BCUT2D eigenvalue weighted by atomic mass is 32.1. The number of aromatic nitrogens is 1. The number of nitrogens with one attached hydrogen (secondary N) is 2. The number of aryl methyl sites for hydroxylation is 1. The van der Waals surface area contributed by atoms with Gasteiger partial charge in [-0.1, -0.05) is 0 Å². The summed E-state index contributed by atoms with van der Waals surface area (Å²) < 4.78 is 5.73.